The smallest absolute Gasteiger partial charge is 0.233 e. The van der Waals surface area contributed by atoms with Crippen LogP contribution >= 0.6 is 0 Å². The van der Waals surface area contributed by atoms with E-state index in [0.717, 1.165) is 6.42 Å². The second-order valence-corrected chi connectivity index (χ2v) is 6.12. The van der Waals surface area contributed by atoms with Crippen LogP contribution in [0.5, 0.6) is 0 Å². The summed E-state index contributed by atoms with van der Waals surface area (Å²) in [6, 6.07) is 0. The number of nitrogens with two attached hydrogens (primary N) is 1. The van der Waals surface area contributed by atoms with Gasteiger partial charge in [0.1, 0.15) is 5.41 Å². The van der Waals surface area contributed by atoms with Crippen LogP contribution in [0.3, 0.4) is 0 Å². The Kier molecular flexibility index (Phi) is 3.25. The Hall–Kier alpha value is -1.26. The van der Waals surface area contributed by atoms with Gasteiger partial charge in [0.15, 0.2) is 5.84 Å². The third-order valence-electron chi connectivity index (χ3n) is 4.96. The van der Waals surface area contributed by atoms with Crippen molar-refractivity contribution in [1.82, 2.24) is 5.32 Å². The predicted octanol–water partition coefficient (Wildman–Crippen LogP) is 1.46. The lowest BCUT2D eigenvalue weighted by molar-refractivity contribution is -0.131. The van der Waals surface area contributed by atoms with Gasteiger partial charge in [-0.2, -0.15) is 0 Å². The number of rotatable bonds is 5. The third kappa shape index (κ3) is 1.95. The van der Waals surface area contributed by atoms with Crippen molar-refractivity contribution in [3.8, 4) is 0 Å². The molecule has 0 aromatic heterocycles. The van der Waals surface area contributed by atoms with Crippen LogP contribution in [0.15, 0.2) is 5.16 Å². The number of hydrogen-bond acceptors (Lipinski definition) is 3. The minimum absolute atomic E-state index is 0.0562. The van der Waals surface area contributed by atoms with Gasteiger partial charge in [-0.05, 0) is 37.0 Å². The maximum Gasteiger partial charge on any atom is 0.233 e. The van der Waals surface area contributed by atoms with E-state index in [2.05, 4.69) is 24.3 Å². The topological polar surface area (TPSA) is 87.7 Å². The van der Waals surface area contributed by atoms with Crippen molar-refractivity contribution in [2.45, 2.75) is 46.0 Å². The van der Waals surface area contributed by atoms with Crippen molar-refractivity contribution in [1.29, 1.82) is 0 Å². The summed E-state index contributed by atoms with van der Waals surface area (Å²) in [5.74, 6) is 0.565. The zero-order valence-corrected chi connectivity index (χ0v) is 11.2. The number of carbonyl (C=O) groups is 1. The lowest BCUT2D eigenvalue weighted by Gasteiger charge is -2.39. The summed E-state index contributed by atoms with van der Waals surface area (Å²) in [5.41, 5.74) is 5.20. The van der Waals surface area contributed by atoms with Gasteiger partial charge in [-0.15, -0.1) is 0 Å². The molecule has 102 valence electrons. The highest BCUT2D eigenvalue weighted by Crippen LogP contribution is 2.51. The molecule has 0 aliphatic heterocycles. The van der Waals surface area contributed by atoms with Crippen LogP contribution < -0.4 is 11.1 Å². The summed E-state index contributed by atoms with van der Waals surface area (Å²) in [5, 5.41) is 14.8. The minimum Gasteiger partial charge on any atom is -0.409 e. The van der Waals surface area contributed by atoms with Gasteiger partial charge < -0.3 is 16.3 Å². The van der Waals surface area contributed by atoms with Crippen LogP contribution in [0.25, 0.3) is 0 Å². The minimum atomic E-state index is -0.748. The van der Waals surface area contributed by atoms with Crippen LogP contribution in [-0.2, 0) is 4.79 Å². The molecule has 2 aliphatic carbocycles. The van der Waals surface area contributed by atoms with Crippen molar-refractivity contribution in [3.63, 3.8) is 0 Å². The Morgan fingerprint density at radius 1 is 1.39 bits per heavy atom. The van der Waals surface area contributed by atoms with E-state index in [1.54, 1.807) is 0 Å². The first kappa shape index (κ1) is 13.2. The standard InChI is InChI=1S/C13H23N3O2/c1-9(2)12(6-7-12)8-15-11(17)13(4-3-5-13)10(14)16-18/h9,18H,3-8H2,1-2H3,(H2,14,16)(H,15,17). The first-order chi connectivity index (χ1) is 8.47. The molecule has 0 aromatic rings. The van der Waals surface area contributed by atoms with E-state index in [1.807, 2.05) is 0 Å². The number of carbonyl (C=O) groups excluding carboxylic acids is 1. The maximum atomic E-state index is 12.3. The molecule has 0 atom stereocenters. The molecule has 2 saturated carbocycles. The molecular weight excluding hydrogens is 230 g/mol. The molecule has 5 heteroatoms. The Morgan fingerprint density at radius 3 is 2.33 bits per heavy atom. The van der Waals surface area contributed by atoms with E-state index >= 15 is 0 Å². The number of amidine groups is 1. The third-order valence-corrected chi connectivity index (χ3v) is 4.96. The van der Waals surface area contributed by atoms with Gasteiger partial charge in [-0.3, -0.25) is 4.79 Å². The zero-order valence-electron chi connectivity index (χ0n) is 11.2. The highest BCUT2D eigenvalue weighted by Gasteiger charge is 2.50. The van der Waals surface area contributed by atoms with Gasteiger partial charge in [-0.25, -0.2) is 0 Å². The number of amides is 1. The molecule has 5 nitrogen and oxygen atoms in total. The Morgan fingerprint density at radius 2 is 2.00 bits per heavy atom. The Labute approximate surface area is 108 Å². The molecule has 0 heterocycles. The number of nitrogens with zero attached hydrogens (tertiary/aromatic N) is 1. The van der Waals surface area contributed by atoms with Crippen LogP contribution in [-0.4, -0.2) is 23.5 Å². The van der Waals surface area contributed by atoms with Crippen LogP contribution in [0.1, 0.15) is 46.0 Å². The Bertz CT molecular complexity index is 368. The first-order valence-corrected chi connectivity index (χ1v) is 6.73. The summed E-state index contributed by atoms with van der Waals surface area (Å²) in [4.78, 5) is 12.3. The normalized spacial score (nSPS) is 24.5. The molecule has 0 spiro atoms. The molecule has 0 saturated heterocycles. The summed E-state index contributed by atoms with van der Waals surface area (Å²) >= 11 is 0. The molecular formula is C13H23N3O2. The Balaban J connectivity index is 1.96. The monoisotopic (exact) mass is 253 g/mol. The fourth-order valence-electron chi connectivity index (χ4n) is 2.77. The summed E-state index contributed by atoms with van der Waals surface area (Å²) in [6.45, 7) is 5.10. The lowest BCUT2D eigenvalue weighted by Crippen LogP contribution is -2.54. The van der Waals surface area contributed by atoms with E-state index in [-0.39, 0.29) is 17.2 Å². The molecule has 0 aromatic carbocycles. The summed E-state index contributed by atoms with van der Waals surface area (Å²) in [6.07, 6.45) is 4.69. The van der Waals surface area contributed by atoms with Gasteiger partial charge in [0, 0.05) is 6.54 Å². The zero-order chi connectivity index (χ0) is 13.4. The molecule has 0 radical (unpaired) electrons. The van der Waals surface area contributed by atoms with Crippen molar-refractivity contribution in [3.05, 3.63) is 0 Å². The highest BCUT2D eigenvalue weighted by molar-refractivity contribution is 6.07. The van der Waals surface area contributed by atoms with E-state index in [9.17, 15) is 4.79 Å². The quantitative estimate of drug-likeness (QED) is 0.300. The average Bonchev–Trinajstić information content (AvgIpc) is 3.05. The second kappa shape index (κ2) is 4.44. The molecule has 0 bridgehead atoms. The molecule has 4 N–H and O–H groups in total. The SMILES string of the molecule is CC(C)C1(CNC(=O)C2(C(N)=NO)CCC2)CC1. The maximum absolute atomic E-state index is 12.3. The van der Waals surface area contributed by atoms with Gasteiger partial charge in [-0.1, -0.05) is 25.4 Å². The number of oxime groups is 1. The van der Waals surface area contributed by atoms with Gasteiger partial charge in [0.2, 0.25) is 5.91 Å². The van der Waals surface area contributed by atoms with Crippen LogP contribution in [0, 0.1) is 16.7 Å². The molecule has 0 unspecified atom stereocenters. The van der Waals surface area contributed by atoms with E-state index in [4.69, 9.17) is 10.9 Å². The molecule has 2 aliphatic rings. The molecule has 2 rings (SSSR count). The average molecular weight is 253 g/mol. The fourth-order valence-corrected chi connectivity index (χ4v) is 2.77. The summed E-state index contributed by atoms with van der Waals surface area (Å²) < 4.78 is 0. The van der Waals surface area contributed by atoms with Crippen LogP contribution in [0.2, 0.25) is 0 Å². The van der Waals surface area contributed by atoms with Gasteiger partial charge >= 0.3 is 0 Å². The first-order valence-electron chi connectivity index (χ1n) is 6.73. The highest BCUT2D eigenvalue weighted by atomic mass is 16.4. The largest absolute Gasteiger partial charge is 0.409 e. The molecule has 2 fully saturated rings. The van der Waals surface area contributed by atoms with Gasteiger partial charge in [0.25, 0.3) is 0 Å². The predicted molar refractivity (Wildman–Crippen MR) is 69.2 cm³/mol. The van der Waals surface area contributed by atoms with E-state index in [0.29, 0.717) is 25.3 Å². The van der Waals surface area contributed by atoms with Crippen molar-refractivity contribution >= 4 is 11.7 Å². The van der Waals surface area contributed by atoms with E-state index in [1.165, 1.54) is 12.8 Å². The second-order valence-electron chi connectivity index (χ2n) is 6.12. The van der Waals surface area contributed by atoms with Crippen LogP contribution in [0.4, 0.5) is 0 Å². The number of hydrogen-bond donors (Lipinski definition) is 3. The fraction of sp³-hybridized carbons (Fsp3) is 0.846. The molecule has 1 amide bonds. The molecule has 18 heavy (non-hydrogen) atoms. The number of nitrogens with one attached hydrogen (secondary N) is 1. The van der Waals surface area contributed by atoms with E-state index < -0.39 is 5.41 Å². The van der Waals surface area contributed by atoms with Crippen molar-refractivity contribution in [2.24, 2.45) is 27.6 Å². The van der Waals surface area contributed by atoms with Gasteiger partial charge in [0.05, 0.1) is 0 Å². The van der Waals surface area contributed by atoms with Crippen molar-refractivity contribution in [2.75, 3.05) is 6.54 Å². The summed E-state index contributed by atoms with van der Waals surface area (Å²) in [7, 11) is 0. The van der Waals surface area contributed by atoms with Crippen molar-refractivity contribution < 1.29 is 10.0 Å². The lowest BCUT2D eigenvalue weighted by atomic mass is 9.67.